The summed E-state index contributed by atoms with van der Waals surface area (Å²) in [5.74, 6) is -3.13. The van der Waals surface area contributed by atoms with Crippen molar-refractivity contribution < 1.29 is 24.3 Å². The van der Waals surface area contributed by atoms with Gasteiger partial charge in [0.25, 0.3) is 0 Å². The monoisotopic (exact) mass is 387 g/mol. The molecule has 0 heterocycles. The van der Waals surface area contributed by atoms with Crippen LogP contribution < -0.4 is 27.8 Å². The number of nitrogens with two attached hydrogens (primary N) is 3. The molecule has 0 radical (unpaired) electrons. The van der Waals surface area contributed by atoms with Gasteiger partial charge in [-0.25, -0.2) is 4.79 Å². The molecular formula is C17H33N5O5. The Balaban J connectivity index is 5.06. The first-order valence-corrected chi connectivity index (χ1v) is 9.21. The first-order valence-electron chi connectivity index (χ1n) is 9.21. The summed E-state index contributed by atoms with van der Waals surface area (Å²) in [5.41, 5.74) is 16.4. The number of hydrogen-bond donors (Lipinski definition) is 6. The minimum atomic E-state index is -1.28. The average Bonchev–Trinajstić information content (AvgIpc) is 2.62. The number of hydrogen-bond acceptors (Lipinski definition) is 6. The van der Waals surface area contributed by atoms with Crippen molar-refractivity contribution in [3.63, 3.8) is 0 Å². The van der Waals surface area contributed by atoms with Crippen LogP contribution in [0.15, 0.2) is 0 Å². The quantitative estimate of drug-likeness (QED) is 0.202. The second-order valence-electron chi connectivity index (χ2n) is 6.66. The Bertz CT molecular complexity index is 514. The van der Waals surface area contributed by atoms with Crippen molar-refractivity contribution >= 4 is 23.7 Å². The van der Waals surface area contributed by atoms with E-state index in [1.54, 1.807) is 0 Å². The van der Waals surface area contributed by atoms with Gasteiger partial charge in [-0.2, -0.15) is 0 Å². The summed E-state index contributed by atoms with van der Waals surface area (Å²) < 4.78 is 0. The molecule has 27 heavy (non-hydrogen) atoms. The summed E-state index contributed by atoms with van der Waals surface area (Å²) in [4.78, 5) is 47.0. The second kappa shape index (κ2) is 13.0. The fourth-order valence-corrected chi connectivity index (χ4v) is 2.36. The summed E-state index contributed by atoms with van der Waals surface area (Å²) in [6.45, 7) is 4.17. The second-order valence-corrected chi connectivity index (χ2v) is 6.66. The minimum absolute atomic E-state index is 0.0694. The normalized spacial score (nSPS) is 15.3. The number of carbonyl (C=O) groups is 4. The molecule has 0 saturated heterocycles. The number of aliphatic carboxylic acids is 1. The molecule has 0 rings (SSSR count). The van der Waals surface area contributed by atoms with E-state index in [-0.39, 0.29) is 18.8 Å². The zero-order chi connectivity index (χ0) is 21.0. The third kappa shape index (κ3) is 9.90. The molecule has 4 unspecified atom stereocenters. The van der Waals surface area contributed by atoms with Crippen molar-refractivity contribution in [2.75, 3.05) is 6.54 Å². The van der Waals surface area contributed by atoms with Crippen molar-refractivity contribution in [2.24, 2.45) is 23.1 Å². The highest BCUT2D eigenvalue weighted by atomic mass is 16.4. The maximum atomic E-state index is 12.5. The van der Waals surface area contributed by atoms with Crippen LogP contribution in [0.3, 0.4) is 0 Å². The highest BCUT2D eigenvalue weighted by Gasteiger charge is 2.29. The van der Waals surface area contributed by atoms with Crippen LogP contribution in [0.1, 0.15) is 52.4 Å². The Hall–Kier alpha value is -2.20. The lowest BCUT2D eigenvalue weighted by atomic mass is 9.98. The molecule has 0 aromatic heterocycles. The predicted molar refractivity (Wildman–Crippen MR) is 100 cm³/mol. The van der Waals surface area contributed by atoms with E-state index < -0.39 is 41.8 Å². The molecule has 0 aromatic rings. The number of carboxylic acids is 1. The van der Waals surface area contributed by atoms with Crippen LogP contribution in [0, 0.1) is 5.92 Å². The molecule has 156 valence electrons. The first kappa shape index (κ1) is 24.8. The Morgan fingerprint density at radius 3 is 2.07 bits per heavy atom. The summed E-state index contributed by atoms with van der Waals surface area (Å²) in [5, 5.41) is 14.2. The molecule has 0 bridgehead atoms. The SMILES string of the molecule is CCC(C)C(N)C(=O)NC(CCCCN)C(=O)NC(CCC(N)=O)C(=O)O. The van der Waals surface area contributed by atoms with Gasteiger partial charge in [0, 0.05) is 6.42 Å². The van der Waals surface area contributed by atoms with Crippen molar-refractivity contribution in [3.8, 4) is 0 Å². The zero-order valence-corrected chi connectivity index (χ0v) is 16.1. The molecule has 0 fully saturated rings. The van der Waals surface area contributed by atoms with E-state index in [2.05, 4.69) is 10.6 Å². The van der Waals surface area contributed by atoms with E-state index in [0.29, 0.717) is 32.2 Å². The number of amides is 3. The lowest BCUT2D eigenvalue weighted by Gasteiger charge is -2.24. The molecule has 4 atom stereocenters. The maximum Gasteiger partial charge on any atom is 0.326 e. The van der Waals surface area contributed by atoms with Crippen molar-refractivity contribution in [3.05, 3.63) is 0 Å². The molecule has 0 aliphatic rings. The van der Waals surface area contributed by atoms with Gasteiger partial charge >= 0.3 is 5.97 Å². The van der Waals surface area contributed by atoms with Gasteiger partial charge in [-0.15, -0.1) is 0 Å². The van der Waals surface area contributed by atoms with Gasteiger partial charge in [-0.1, -0.05) is 20.3 Å². The van der Waals surface area contributed by atoms with Gasteiger partial charge in [0.2, 0.25) is 17.7 Å². The van der Waals surface area contributed by atoms with Gasteiger partial charge in [0.1, 0.15) is 12.1 Å². The number of carbonyl (C=O) groups excluding carboxylic acids is 3. The highest BCUT2D eigenvalue weighted by Crippen LogP contribution is 2.08. The van der Waals surface area contributed by atoms with Crippen molar-refractivity contribution in [2.45, 2.75) is 70.5 Å². The molecule has 10 heteroatoms. The number of nitrogens with one attached hydrogen (secondary N) is 2. The summed E-state index contributed by atoms with van der Waals surface area (Å²) >= 11 is 0. The average molecular weight is 387 g/mol. The molecule has 0 aromatic carbocycles. The maximum absolute atomic E-state index is 12.5. The Morgan fingerprint density at radius 2 is 1.59 bits per heavy atom. The van der Waals surface area contributed by atoms with Gasteiger partial charge in [-0.3, -0.25) is 14.4 Å². The molecule has 0 saturated carbocycles. The van der Waals surface area contributed by atoms with Crippen LogP contribution in [-0.4, -0.2) is 53.5 Å². The lowest BCUT2D eigenvalue weighted by Crippen LogP contribution is -2.55. The van der Waals surface area contributed by atoms with E-state index >= 15 is 0 Å². The smallest absolute Gasteiger partial charge is 0.326 e. The van der Waals surface area contributed by atoms with E-state index in [1.165, 1.54) is 0 Å². The third-order valence-electron chi connectivity index (χ3n) is 4.43. The van der Waals surface area contributed by atoms with Crippen LogP contribution in [0.4, 0.5) is 0 Å². The fourth-order valence-electron chi connectivity index (χ4n) is 2.36. The van der Waals surface area contributed by atoms with Crippen LogP contribution >= 0.6 is 0 Å². The topological polar surface area (TPSA) is 191 Å². The minimum Gasteiger partial charge on any atom is -0.480 e. The Labute approximate surface area is 159 Å². The zero-order valence-electron chi connectivity index (χ0n) is 16.1. The molecular weight excluding hydrogens is 354 g/mol. The number of primary amides is 1. The van der Waals surface area contributed by atoms with E-state index in [1.807, 2.05) is 13.8 Å². The van der Waals surface area contributed by atoms with Gasteiger partial charge in [-0.05, 0) is 38.1 Å². The number of carboxylic acid groups (broad SMARTS) is 1. The number of rotatable bonds is 14. The Kier molecular flexibility index (Phi) is 12.0. The van der Waals surface area contributed by atoms with Crippen LogP contribution in [0.2, 0.25) is 0 Å². The fraction of sp³-hybridized carbons (Fsp3) is 0.765. The third-order valence-corrected chi connectivity index (χ3v) is 4.43. The summed E-state index contributed by atoms with van der Waals surface area (Å²) in [7, 11) is 0. The molecule has 0 aliphatic carbocycles. The van der Waals surface area contributed by atoms with Gasteiger partial charge < -0.3 is 32.9 Å². The van der Waals surface area contributed by atoms with E-state index in [0.717, 1.165) is 0 Å². The van der Waals surface area contributed by atoms with Crippen LogP contribution in [0.25, 0.3) is 0 Å². The van der Waals surface area contributed by atoms with E-state index in [4.69, 9.17) is 17.2 Å². The first-order chi connectivity index (χ1) is 12.6. The molecule has 10 nitrogen and oxygen atoms in total. The largest absolute Gasteiger partial charge is 0.480 e. The Morgan fingerprint density at radius 1 is 1.00 bits per heavy atom. The van der Waals surface area contributed by atoms with E-state index in [9.17, 15) is 24.3 Å². The molecule has 3 amide bonds. The van der Waals surface area contributed by atoms with Gasteiger partial charge in [0.15, 0.2) is 0 Å². The molecule has 0 aliphatic heterocycles. The number of unbranched alkanes of at least 4 members (excludes halogenated alkanes) is 1. The summed E-state index contributed by atoms with van der Waals surface area (Å²) in [6, 6.07) is -2.98. The van der Waals surface area contributed by atoms with Crippen LogP contribution in [-0.2, 0) is 19.2 Å². The van der Waals surface area contributed by atoms with Gasteiger partial charge in [0.05, 0.1) is 6.04 Å². The highest BCUT2D eigenvalue weighted by molar-refractivity contribution is 5.92. The lowest BCUT2D eigenvalue weighted by molar-refractivity contribution is -0.142. The van der Waals surface area contributed by atoms with Crippen molar-refractivity contribution in [1.29, 1.82) is 0 Å². The van der Waals surface area contributed by atoms with Crippen LogP contribution in [0.5, 0.6) is 0 Å². The summed E-state index contributed by atoms with van der Waals surface area (Å²) in [6.07, 6.45) is 1.91. The predicted octanol–water partition coefficient (Wildman–Crippen LogP) is -1.19. The van der Waals surface area contributed by atoms with Crippen molar-refractivity contribution in [1.82, 2.24) is 10.6 Å². The standard InChI is InChI=1S/C17H33N5O5/c1-3-10(2)14(20)16(25)21-11(6-4-5-9-18)15(24)22-12(17(26)27)7-8-13(19)23/h10-12,14H,3-9,18,20H2,1-2H3,(H2,19,23)(H,21,25)(H,22,24)(H,26,27). The molecule has 9 N–H and O–H groups in total. The molecule has 0 spiro atoms.